The molecule has 3 nitrogen and oxygen atoms in total. The van der Waals surface area contributed by atoms with Crippen molar-refractivity contribution in [3.8, 4) is 0 Å². The van der Waals surface area contributed by atoms with E-state index < -0.39 is 0 Å². The number of amides is 1. The molecule has 2 rings (SSSR count). The number of hydrogen-bond acceptors (Lipinski definition) is 3. The van der Waals surface area contributed by atoms with Crippen molar-refractivity contribution < 1.29 is 9.53 Å². The van der Waals surface area contributed by atoms with Crippen LogP contribution in [-0.4, -0.2) is 19.6 Å². The lowest BCUT2D eigenvalue weighted by Crippen LogP contribution is -2.30. The molecule has 0 fully saturated rings. The first kappa shape index (κ1) is 14.8. The van der Waals surface area contributed by atoms with Crippen molar-refractivity contribution in [2.75, 3.05) is 13.7 Å². The van der Waals surface area contributed by atoms with Crippen LogP contribution in [0.2, 0.25) is 0 Å². The third-order valence-corrected chi connectivity index (χ3v) is 3.98. The number of aryl methyl sites for hydroxylation is 1. The molecule has 2 aromatic rings. The summed E-state index contributed by atoms with van der Waals surface area (Å²) in [4.78, 5) is 11.9. The molecule has 0 spiro atoms. The molecule has 0 saturated carbocycles. The summed E-state index contributed by atoms with van der Waals surface area (Å²) in [6.45, 7) is 2.54. The van der Waals surface area contributed by atoms with Gasteiger partial charge < -0.3 is 10.1 Å². The van der Waals surface area contributed by atoms with Crippen LogP contribution in [0, 0.1) is 6.92 Å². The van der Waals surface area contributed by atoms with Crippen molar-refractivity contribution in [2.45, 2.75) is 19.4 Å². The summed E-state index contributed by atoms with van der Waals surface area (Å²) in [5.74, 6) is 0.0269. The SMILES string of the molecule is COC(CNC(=O)Cc1ccsc1)c1ccccc1C. The van der Waals surface area contributed by atoms with Gasteiger partial charge in [0.25, 0.3) is 0 Å². The van der Waals surface area contributed by atoms with Gasteiger partial charge in [-0.2, -0.15) is 11.3 Å². The summed E-state index contributed by atoms with van der Waals surface area (Å²) in [6.07, 6.45) is 0.316. The van der Waals surface area contributed by atoms with Crippen LogP contribution in [0.4, 0.5) is 0 Å². The second-order valence-corrected chi connectivity index (χ2v) is 5.47. The van der Waals surface area contributed by atoms with Crippen molar-refractivity contribution in [3.63, 3.8) is 0 Å². The largest absolute Gasteiger partial charge is 0.375 e. The lowest BCUT2D eigenvalue weighted by atomic mass is 10.0. The van der Waals surface area contributed by atoms with E-state index in [-0.39, 0.29) is 12.0 Å². The molecule has 1 N–H and O–H groups in total. The molecule has 0 aliphatic rings. The van der Waals surface area contributed by atoms with E-state index in [1.165, 1.54) is 5.56 Å². The van der Waals surface area contributed by atoms with Crippen LogP contribution < -0.4 is 5.32 Å². The monoisotopic (exact) mass is 289 g/mol. The summed E-state index contributed by atoms with van der Waals surface area (Å²) < 4.78 is 5.49. The molecule has 20 heavy (non-hydrogen) atoms. The van der Waals surface area contributed by atoms with Gasteiger partial charge in [0, 0.05) is 13.7 Å². The lowest BCUT2D eigenvalue weighted by Gasteiger charge is -2.18. The molecule has 0 bridgehead atoms. The molecule has 1 heterocycles. The third kappa shape index (κ3) is 3.92. The number of hydrogen-bond donors (Lipinski definition) is 1. The molecule has 1 atom stereocenters. The van der Waals surface area contributed by atoms with Crippen LogP contribution in [0.3, 0.4) is 0 Å². The van der Waals surface area contributed by atoms with Gasteiger partial charge in [-0.25, -0.2) is 0 Å². The Morgan fingerprint density at radius 3 is 2.80 bits per heavy atom. The summed E-state index contributed by atoms with van der Waals surface area (Å²) in [6, 6.07) is 10.0. The first-order valence-electron chi connectivity index (χ1n) is 6.57. The number of methoxy groups -OCH3 is 1. The van der Waals surface area contributed by atoms with E-state index in [0.717, 1.165) is 11.1 Å². The van der Waals surface area contributed by atoms with Crippen molar-refractivity contribution >= 4 is 17.2 Å². The quantitative estimate of drug-likeness (QED) is 0.887. The Labute approximate surface area is 123 Å². The van der Waals surface area contributed by atoms with E-state index in [0.29, 0.717) is 13.0 Å². The van der Waals surface area contributed by atoms with Crippen LogP contribution in [0.25, 0.3) is 0 Å². The number of carbonyl (C=O) groups excluding carboxylic acids is 1. The zero-order valence-electron chi connectivity index (χ0n) is 11.8. The van der Waals surface area contributed by atoms with Gasteiger partial charge in [-0.1, -0.05) is 24.3 Å². The number of benzene rings is 1. The van der Waals surface area contributed by atoms with E-state index >= 15 is 0 Å². The number of ether oxygens (including phenoxy) is 1. The Morgan fingerprint density at radius 2 is 2.15 bits per heavy atom. The highest BCUT2D eigenvalue weighted by atomic mass is 32.1. The Bertz CT molecular complexity index is 551. The molecule has 106 valence electrons. The fourth-order valence-electron chi connectivity index (χ4n) is 2.12. The van der Waals surface area contributed by atoms with E-state index in [4.69, 9.17) is 4.74 Å². The summed E-state index contributed by atoms with van der Waals surface area (Å²) in [5.41, 5.74) is 3.34. The second-order valence-electron chi connectivity index (χ2n) is 4.69. The normalized spacial score (nSPS) is 12.1. The molecule has 0 saturated heterocycles. The molecule has 1 aromatic carbocycles. The molecule has 1 aromatic heterocycles. The highest BCUT2D eigenvalue weighted by molar-refractivity contribution is 7.07. The average Bonchev–Trinajstić information content (AvgIpc) is 2.94. The number of thiophene rings is 1. The predicted octanol–water partition coefficient (Wildman–Crippen LogP) is 3.10. The highest BCUT2D eigenvalue weighted by Gasteiger charge is 2.14. The van der Waals surface area contributed by atoms with Gasteiger partial charge in [0.2, 0.25) is 5.91 Å². The highest BCUT2D eigenvalue weighted by Crippen LogP contribution is 2.19. The Kier molecular flexibility index (Phi) is 5.32. The van der Waals surface area contributed by atoms with E-state index in [1.54, 1.807) is 18.4 Å². The van der Waals surface area contributed by atoms with Crippen LogP contribution in [0.15, 0.2) is 41.1 Å². The van der Waals surface area contributed by atoms with Crippen LogP contribution >= 0.6 is 11.3 Å². The van der Waals surface area contributed by atoms with Gasteiger partial charge in [-0.3, -0.25) is 4.79 Å². The minimum absolute atomic E-state index is 0.0269. The summed E-state index contributed by atoms with van der Waals surface area (Å²) >= 11 is 1.60. The maximum absolute atomic E-state index is 11.9. The fraction of sp³-hybridized carbons (Fsp3) is 0.312. The van der Waals surface area contributed by atoms with Gasteiger partial charge in [-0.05, 0) is 40.4 Å². The molecule has 4 heteroatoms. The summed E-state index contributed by atoms with van der Waals surface area (Å²) in [7, 11) is 1.67. The van der Waals surface area contributed by atoms with Gasteiger partial charge in [0.15, 0.2) is 0 Å². The molecular weight excluding hydrogens is 270 g/mol. The van der Waals surface area contributed by atoms with Crippen molar-refractivity contribution in [1.82, 2.24) is 5.32 Å². The Hall–Kier alpha value is -1.65. The zero-order chi connectivity index (χ0) is 14.4. The fourth-order valence-corrected chi connectivity index (χ4v) is 2.78. The first-order valence-corrected chi connectivity index (χ1v) is 7.51. The maximum atomic E-state index is 11.9. The maximum Gasteiger partial charge on any atom is 0.224 e. The number of rotatable bonds is 6. The van der Waals surface area contributed by atoms with Crippen LogP contribution in [0.5, 0.6) is 0 Å². The van der Waals surface area contributed by atoms with Gasteiger partial charge in [0.05, 0.1) is 12.5 Å². The minimum atomic E-state index is -0.109. The number of nitrogens with one attached hydrogen (secondary N) is 1. The van der Waals surface area contributed by atoms with Gasteiger partial charge in [0.1, 0.15) is 0 Å². The average molecular weight is 289 g/mol. The topological polar surface area (TPSA) is 38.3 Å². The molecule has 0 aliphatic carbocycles. The van der Waals surface area contributed by atoms with Crippen LogP contribution in [-0.2, 0) is 16.0 Å². The predicted molar refractivity (Wildman–Crippen MR) is 82.0 cm³/mol. The first-order chi connectivity index (χ1) is 9.70. The molecule has 1 unspecified atom stereocenters. The van der Waals surface area contributed by atoms with Gasteiger partial charge in [-0.15, -0.1) is 0 Å². The van der Waals surface area contributed by atoms with Crippen LogP contribution in [0.1, 0.15) is 22.8 Å². The standard InChI is InChI=1S/C16H19NO2S/c1-12-5-3-4-6-14(12)15(19-2)10-17-16(18)9-13-7-8-20-11-13/h3-8,11,15H,9-10H2,1-2H3,(H,17,18). The minimum Gasteiger partial charge on any atom is -0.375 e. The zero-order valence-corrected chi connectivity index (χ0v) is 12.6. The van der Waals surface area contributed by atoms with E-state index in [1.807, 2.05) is 35.0 Å². The smallest absolute Gasteiger partial charge is 0.224 e. The third-order valence-electron chi connectivity index (χ3n) is 3.25. The molecule has 1 amide bonds. The Morgan fingerprint density at radius 1 is 1.35 bits per heavy atom. The Balaban J connectivity index is 1.91. The van der Waals surface area contributed by atoms with Crippen molar-refractivity contribution in [2.24, 2.45) is 0 Å². The molecular formula is C16H19NO2S. The lowest BCUT2D eigenvalue weighted by molar-refractivity contribution is -0.121. The van der Waals surface area contributed by atoms with Crippen molar-refractivity contribution in [1.29, 1.82) is 0 Å². The summed E-state index contributed by atoms with van der Waals surface area (Å²) in [5, 5.41) is 6.91. The van der Waals surface area contributed by atoms with Crippen molar-refractivity contribution in [3.05, 3.63) is 57.8 Å². The van der Waals surface area contributed by atoms with E-state index in [2.05, 4.69) is 18.3 Å². The number of carbonyl (C=O) groups is 1. The molecule has 0 radical (unpaired) electrons. The second kappa shape index (κ2) is 7.22. The van der Waals surface area contributed by atoms with E-state index in [9.17, 15) is 4.79 Å². The molecule has 0 aliphatic heterocycles. The van der Waals surface area contributed by atoms with Gasteiger partial charge >= 0.3 is 0 Å².